The van der Waals surface area contributed by atoms with Crippen LogP contribution in [-0.4, -0.2) is 55.1 Å². The minimum Gasteiger partial charge on any atom is -0.479 e. The second-order valence-corrected chi connectivity index (χ2v) is 5.29. The van der Waals surface area contributed by atoms with Crippen molar-refractivity contribution in [2.45, 2.75) is 12.5 Å². The van der Waals surface area contributed by atoms with Gasteiger partial charge in [-0.3, -0.25) is 0 Å². The van der Waals surface area contributed by atoms with Crippen LogP contribution in [0, 0.1) is 0 Å². The van der Waals surface area contributed by atoms with Crippen molar-refractivity contribution in [2.24, 2.45) is 5.14 Å². The Labute approximate surface area is 98.0 Å². The van der Waals surface area contributed by atoms with Gasteiger partial charge in [-0.2, -0.15) is 0 Å². The molecule has 0 aromatic rings. The zero-order valence-electron chi connectivity index (χ0n) is 9.13. The highest BCUT2D eigenvalue weighted by Crippen LogP contribution is 2.00. The van der Waals surface area contributed by atoms with Crippen molar-refractivity contribution >= 4 is 22.0 Å². The fraction of sp³-hybridized carbons (Fsp3) is 0.714. The van der Waals surface area contributed by atoms with E-state index < -0.39 is 39.9 Å². The number of rotatable bonds is 6. The second kappa shape index (κ2) is 5.80. The van der Waals surface area contributed by atoms with Gasteiger partial charge in [0, 0.05) is 6.54 Å². The summed E-state index contributed by atoms with van der Waals surface area (Å²) in [5, 5.41) is 26.7. The largest absolute Gasteiger partial charge is 0.479 e. The Bertz CT molecular complexity index is 390. The Hall–Kier alpha value is -1.39. The Morgan fingerprint density at radius 2 is 1.88 bits per heavy atom. The predicted octanol–water partition coefficient (Wildman–Crippen LogP) is -2.59. The zero-order valence-corrected chi connectivity index (χ0v) is 9.95. The normalized spacial score (nSPS) is 14.8. The summed E-state index contributed by atoms with van der Waals surface area (Å²) in [5.41, 5.74) is -2.09. The van der Waals surface area contributed by atoms with E-state index in [4.69, 9.17) is 5.11 Å². The third-order valence-corrected chi connectivity index (χ3v) is 2.50. The Balaban J connectivity index is 3.93. The highest BCUT2D eigenvalue weighted by molar-refractivity contribution is 7.89. The number of carboxylic acids is 1. The predicted molar refractivity (Wildman–Crippen MR) is 57.6 cm³/mol. The molecular formula is C7H15N3O6S. The quantitative estimate of drug-likeness (QED) is 0.356. The van der Waals surface area contributed by atoms with E-state index in [9.17, 15) is 23.1 Å². The number of aliphatic hydroxyl groups is 1. The van der Waals surface area contributed by atoms with Crippen LogP contribution in [0.2, 0.25) is 0 Å². The maximum absolute atomic E-state index is 11.0. The lowest BCUT2D eigenvalue weighted by Gasteiger charge is -2.18. The number of carbonyl (C=O) groups excluding carboxylic acids is 1. The van der Waals surface area contributed by atoms with Crippen molar-refractivity contribution in [1.29, 1.82) is 0 Å². The fourth-order valence-corrected chi connectivity index (χ4v) is 1.08. The topological polar surface area (TPSA) is 159 Å². The van der Waals surface area contributed by atoms with Crippen LogP contribution in [0.4, 0.5) is 4.79 Å². The van der Waals surface area contributed by atoms with Crippen LogP contribution < -0.4 is 15.8 Å². The molecule has 0 heterocycles. The smallest absolute Gasteiger partial charge is 0.337 e. The first-order valence-electron chi connectivity index (χ1n) is 4.52. The molecule has 2 amide bonds. The summed E-state index contributed by atoms with van der Waals surface area (Å²) in [7, 11) is -3.66. The first-order chi connectivity index (χ1) is 7.54. The van der Waals surface area contributed by atoms with E-state index in [2.05, 4.69) is 15.8 Å². The minimum absolute atomic E-state index is 0.208. The first-order valence-corrected chi connectivity index (χ1v) is 6.24. The standard InChI is InChI=1S/C7H15N3O6S/c1-7(14,5(11)12)4-10-6(13)9-2-3-17(8,15)16/h14H,2-4H2,1H3,(H,11,12)(H2,8,15,16)(H2,9,10,13). The van der Waals surface area contributed by atoms with Gasteiger partial charge < -0.3 is 20.8 Å². The molecule has 10 heteroatoms. The van der Waals surface area contributed by atoms with E-state index in [0.29, 0.717) is 0 Å². The molecule has 0 aliphatic carbocycles. The Morgan fingerprint density at radius 1 is 1.35 bits per heavy atom. The van der Waals surface area contributed by atoms with Crippen LogP contribution in [0.15, 0.2) is 0 Å². The van der Waals surface area contributed by atoms with E-state index in [-0.39, 0.29) is 6.54 Å². The number of carboxylic acid groups (broad SMARTS) is 1. The van der Waals surface area contributed by atoms with Crippen molar-refractivity contribution < 1.29 is 28.2 Å². The van der Waals surface area contributed by atoms with Crippen LogP contribution in [-0.2, 0) is 14.8 Å². The van der Waals surface area contributed by atoms with Crippen LogP contribution in [0.25, 0.3) is 0 Å². The van der Waals surface area contributed by atoms with E-state index in [1.54, 1.807) is 0 Å². The van der Waals surface area contributed by atoms with Crippen molar-refractivity contribution in [2.75, 3.05) is 18.8 Å². The molecule has 0 rings (SSSR count). The number of nitrogens with one attached hydrogen (secondary N) is 2. The number of nitrogens with two attached hydrogens (primary N) is 1. The maximum atomic E-state index is 11.0. The third-order valence-electron chi connectivity index (χ3n) is 1.73. The number of primary sulfonamides is 1. The van der Waals surface area contributed by atoms with Crippen molar-refractivity contribution in [3.8, 4) is 0 Å². The van der Waals surface area contributed by atoms with E-state index in [0.717, 1.165) is 6.92 Å². The lowest BCUT2D eigenvalue weighted by Crippen LogP contribution is -2.49. The fourth-order valence-electron chi connectivity index (χ4n) is 0.697. The number of aliphatic carboxylic acids is 1. The molecule has 0 spiro atoms. The lowest BCUT2D eigenvalue weighted by molar-refractivity contribution is -0.155. The maximum Gasteiger partial charge on any atom is 0.337 e. The Kier molecular flexibility index (Phi) is 5.32. The second-order valence-electron chi connectivity index (χ2n) is 3.56. The molecule has 0 aliphatic heterocycles. The molecule has 0 fully saturated rings. The SMILES string of the molecule is CC(O)(CNC(=O)NCCS(N)(=O)=O)C(=O)O. The van der Waals surface area contributed by atoms with Crippen molar-refractivity contribution in [3.63, 3.8) is 0 Å². The number of urea groups is 1. The van der Waals surface area contributed by atoms with Crippen LogP contribution >= 0.6 is 0 Å². The van der Waals surface area contributed by atoms with Crippen molar-refractivity contribution in [1.82, 2.24) is 10.6 Å². The van der Waals surface area contributed by atoms with Gasteiger partial charge in [-0.25, -0.2) is 23.1 Å². The molecule has 100 valence electrons. The molecule has 0 aromatic carbocycles. The lowest BCUT2D eigenvalue weighted by atomic mass is 10.1. The molecule has 6 N–H and O–H groups in total. The zero-order chi connectivity index (χ0) is 13.7. The van der Waals surface area contributed by atoms with E-state index in [1.165, 1.54) is 0 Å². The summed E-state index contributed by atoms with van der Waals surface area (Å²) in [6, 6.07) is -0.796. The van der Waals surface area contributed by atoms with Crippen molar-refractivity contribution in [3.05, 3.63) is 0 Å². The average molecular weight is 269 g/mol. The molecule has 0 aromatic heterocycles. The monoisotopic (exact) mass is 269 g/mol. The van der Waals surface area contributed by atoms with Gasteiger partial charge in [0.2, 0.25) is 10.0 Å². The van der Waals surface area contributed by atoms with Gasteiger partial charge in [-0.05, 0) is 6.92 Å². The van der Waals surface area contributed by atoms with Gasteiger partial charge in [0.1, 0.15) is 0 Å². The molecule has 0 radical (unpaired) electrons. The number of hydrogen-bond donors (Lipinski definition) is 5. The third kappa shape index (κ3) is 7.49. The molecular weight excluding hydrogens is 254 g/mol. The summed E-state index contributed by atoms with van der Waals surface area (Å²) in [6.07, 6.45) is 0. The molecule has 0 bridgehead atoms. The molecule has 1 atom stereocenters. The summed E-state index contributed by atoms with van der Waals surface area (Å²) >= 11 is 0. The Morgan fingerprint density at radius 3 is 2.29 bits per heavy atom. The van der Waals surface area contributed by atoms with Gasteiger partial charge >= 0.3 is 12.0 Å². The minimum atomic E-state index is -3.66. The number of sulfonamides is 1. The first kappa shape index (κ1) is 15.6. The molecule has 17 heavy (non-hydrogen) atoms. The van der Waals surface area contributed by atoms with E-state index in [1.807, 2.05) is 0 Å². The number of carbonyl (C=O) groups is 2. The van der Waals surface area contributed by atoms with Crippen LogP contribution in [0.3, 0.4) is 0 Å². The molecule has 1 unspecified atom stereocenters. The highest BCUT2D eigenvalue weighted by Gasteiger charge is 2.30. The summed E-state index contributed by atoms with van der Waals surface area (Å²) in [5.74, 6) is -1.92. The van der Waals surface area contributed by atoms with Gasteiger partial charge in [-0.1, -0.05) is 0 Å². The molecule has 0 aliphatic rings. The van der Waals surface area contributed by atoms with E-state index >= 15 is 0 Å². The van der Waals surface area contributed by atoms with Gasteiger partial charge in [0.05, 0.1) is 12.3 Å². The summed E-state index contributed by atoms with van der Waals surface area (Å²) < 4.78 is 21.0. The molecule has 0 saturated carbocycles. The summed E-state index contributed by atoms with van der Waals surface area (Å²) in [6.45, 7) is 0.295. The molecule has 9 nitrogen and oxygen atoms in total. The van der Waals surface area contributed by atoms with Crippen LogP contribution in [0.5, 0.6) is 0 Å². The van der Waals surface area contributed by atoms with Gasteiger partial charge in [0.15, 0.2) is 5.60 Å². The summed E-state index contributed by atoms with van der Waals surface area (Å²) in [4.78, 5) is 21.5. The van der Waals surface area contributed by atoms with Gasteiger partial charge in [0.25, 0.3) is 0 Å². The van der Waals surface area contributed by atoms with Gasteiger partial charge in [-0.15, -0.1) is 0 Å². The molecule has 0 saturated heterocycles. The number of hydrogen-bond acceptors (Lipinski definition) is 5. The number of amides is 2. The average Bonchev–Trinajstić information content (AvgIpc) is 2.12. The van der Waals surface area contributed by atoms with Crippen LogP contribution in [0.1, 0.15) is 6.92 Å². The highest BCUT2D eigenvalue weighted by atomic mass is 32.2.